The zero-order valence-corrected chi connectivity index (χ0v) is 26.1. The topological polar surface area (TPSA) is 13.1 Å². The molecule has 0 amide bonds. The van der Waals surface area contributed by atoms with Crippen molar-refractivity contribution in [3.63, 3.8) is 0 Å². The summed E-state index contributed by atoms with van der Waals surface area (Å²) in [6, 6.07) is 47.4. The standard InChI is InChI=1S/C13H9.C13H10.C10H9O.2ClH.Zr/c1-3-7-12-10(5-1)9-11-6-2-4-8-13(11)12;1-3-7-12(8-4-1)11-13-9-5-2-6-10-13;1-8-3-2-4-10(8)9-5-6-11-7-9;;;/h1-5,7-8H,9H2;1-10H;2-7H,1H3;2*1H;/q-1;;-1;;;+2/p-2. The third-order valence-corrected chi connectivity index (χ3v) is 8.03. The molecule has 1 heterocycles. The maximum atomic E-state index is 4.99. The van der Waals surface area contributed by atoms with Crippen molar-refractivity contribution in [3.8, 4) is 22.3 Å². The number of hydrogen-bond acceptors (Lipinski definition) is 1. The van der Waals surface area contributed by atoms with Crippen LogP contribution in [-0.4, -0.2) is 3.21 Å². The number of halogens is 2. The van der Waals surface area contributed by atoms with Crippen LogP contribution in [0.4, 0.5) is 0 Å². The van der Waals surface area contributed by atoms with Gasteiger partial charge in [0, 0.05) is 12.5 Å². The van der Waals surface area contributed by atoms with Gasteiger partial charge in [-0.05, 0) is 6.42 Å². The van der Waals surface area contributed by atoms with Crippen LogP contribution in [0.5, 0.6) is 0 Å². The van der Waals surface area contributed by atoms with E-state index in [2.05, 4.69) is 128 Å². The van der Waals surface area contributed by atoms with Crippen LogP contribution in [0.15, 0.2) is 144 Å². The van der Waals surface area contributed by atoms with Gasteiger partial charge in [-0.2, -0.15) is 35.9 Å². The molecule has 6 aromatic rings. The van der Waals surface area contributed by atoms with Crippen molar-refractivity contribution in [2.75, 3.05) is 0 Å². The number of hydrogen-bond donors (Lipinski definition) is 0. The summed E-state index contributed by atoms with van der Waals surface area (Å²) in [5, 5.41) is 0. The molecule has 1 aliphatic rings. The first-order valence-corrected chi connectivity index (χ1v) is 14.0. The second-order valence-electron chi connectivity index (χ2n) is 9.14. The summed E-state index contributed by atoms with van der Waals surface area (Å²) in [6.45, 7) is 2.10. The maximum absolute atomic E-state index is 4.99. The molecule has 0 saturated carbocycles. The van der Waals surface area contributed by atoms with Crippen LogP contribution in [0.3, 0.4) is 0 Å². The van der Waals surface area contributed by atoms with Gasteiger partial charge in [-0.1, -0.05) is 59.5 Å². The molecule has 0 saturated heterocycles. The number of fused-ring (bicyclic) bond motifs is 3. The number of benzene rings is 4. The Kier molecular flexibility index (Phi) is 12.2. The molecule has 0 N–H and O–H groups in total. The first-order chi connectivity index (χ1) is 18.7. The second kappa shape index (κ2) is 15.6. The molecule has 7 rings (SSSR count). The molecule has 5 aromatic carbocycles. The Labute approximate surface area is 264 Å². The summed E-state index contributed by atoms with van der Waals surface area (Å²) in [6.07, 6.45) is 4.51. The van der Waals surface area contributed by atoms with Crippen molar-refractivity contribution in [1.29, 1.82) is 0 Å². The molecule has 1 aliphatic carbocycles. The molecule has 198 valence electrons. The summed E-state index contributed by atoms with van der Waals surface area (Å²) in [4.78, 5) is 0. The molecule has 0 bridgehead atoms. The monoisotopic (exact) mass is 636 g/mol. The van der Waals surface area contributed by atoms with Gasteiger partial charge in [0.05, 0.1) is 0 Å². The average Bonchev–Trinajstić information content (AvgIpc) is 3.74. The molecule has 0 aliphatic heterocycles. The molecule has 0 atom stereocenters. The average molecular weight is 639 g/mol. The molecule has 40 heavy (non-hydrogen) atoms. The number of furan rings is 1. The van der Waals surface area contributed by atoms with Gasteiger partial charge >= 0.3 is 99.2 Å². The fourth-order valence-electron chi connectivity index (χ4n) is 4.63. The van der Waals surface area contributed by atoms with E-state index in [0.29, 0.717) is 0 Å². The van der Waals surface area contributed by atoms with Crippen LogP contribution in [0.2, 0.25) is 0 Å². The van der Waals surface area contributed by atoms with Gasteiger partial charge in [-0.25, -0.2) is 0 Å². The van der Waals surface area contributed by atoms with Crippen molar-refractivity contribution >= 4 is 3.21 Å². The van der Waals surface area contributed by atoms with E-state index < -0.39 is 0 Å². The van der Waals surface area contributed by atoms with E-state index in [1.807, 2.05) is 12.1 Å². The summed E-state index contributed by atoms with van der Waals surface area (Å²) < 4.78 is 6.41. The van der Waals surface area contributed by atoms with Gasteiger partial charge in [0.1, 0.15) is 0 Å². The Balaban J connectivity index is 0.000000162. The van der Waals surface area contributed by atoms with Crippen molar-refractivity contribution < 1.29 is 53.5 Å². The first-order valence-electron chi connectivity index (χ1n) is 12.7. The van der Waals surface area contributed by atoms with Gasteiger partial charge < -0.3 is 29.2 Å². The van der Waals surface area contributed by atoms with Crippen LogP contribution in [0, 0.1) is 13.0 Å². The Morgan fingerprint density at radius 3 is 1.95 bits per heavy atom. The van der Waals surface area contributed by atoms with Crippen LogP contribution in [-0.2, 0) is 30.7 Å². The predicted molar refractivity (Wildman–Crippen MR) is 154 cm³/mol. The molecular weight excluding hydrogens is 611 g/mol. The van der Waals surface area contributed by atoms with Crippen LogP contribution >= 0.6 is 0 Å². The molecule has 0 spiro atoms. The Morgan fingerprint density at radius 2 is 1.35 bits per heavy atom. The summed E-state index contributed by atoms with van der Waals surface area (Å²) in [7, 11) is 0. The van der Waals surface area contributed by atoms with Gasteiger partial charge in [0.15, 0.2) is 0 Å². The smallest absolute Gasteiger partial charge is 0.0253 e. The van der Waals surface area contributed by atoms with Gasteiger partial charge in [0.2, 0.25) is 0 Å². The van der Waals surface area contributed by atoms with Gasteiger partial charge in [-0.15, -0.1) is 23.3 Å². The second-order valence-corrected chi connectivity index (χ2v) is 10.4. The van der Waals surface area contributed by atoms with Crippen molar-refractivity contribution in [1.82, 2.24) is 0 Å². The fraction of sp³-hybridized carbons (Fsp3) is 0.0556. The van der Waals surface area contributed by atoms with E-state index in [1.54, 1.807) is 12.5 Å². The molecule has 0 unspecified atom stereocenters. The minimum atomic E-state index is 0. The maximum Gasteiger partial charge on any atom is -0.0253 e. The summed E-state index contributed by atoms with van der Waals surface area (Å²) in [5.74, 6) is 0. The number of rotatable bonds is 3. The largest absolute Gasteiger partial charge is 0.179 e. The van der Waals surface area contributed by atoms with Crippen LogP contribution in [0.25, 0.3) is 22.3 Å². The Hall–Kier alpha value is -3.16. The van der Waals surface area contributed by atoms with Crippen molar-refractivity contribution in [2.24, 2.45) is 0 Å². The van der Waals surface area contributed by atoms with E-state index in [-0.39, 0.29) is 24.8 Å². The third-order valence-electron chi connectivity index (χ3n) is 6.61. The fourth-order valence-corrected chi connectivity index (χ4v) is 5.44. The quantitative estimate of drug-likeness (QED) is 0.272. The summed E-state index contributed by atoms with van der Waals surface area (Å²) >= 11 is 1.46. The first kappa shape index (κ1) is 31.4. The van der Waals surface area contributed by atoms with Gasteiger partial charge in [-0.3, -0.25) is 0 Å². The van der Waals surface area contributed by atoms with E-state index >= 15 is 0 Å². The Bertz CT molecular complexity index is 1520. The Morgan fingerprint density at radius 1 is 0.725 bits per heavy atom. The van der Waals surface area contributed by atoms with Crippen molar-refractivity contribution in [2.45, 2.75) is 13.3 Å². The van der Waals surface area contributed by atoms with Crippen LogP contribution < -0.4 is 24.8 Å². The SMILES string of the molecule is Cc1ccc[c-]1-c1ccoc1.[Cl-].[Cl-].[Zr+2]=[C](c1ccccc1)c1ccccc1.[c-]1cccc2c1Cc1ccccc1-2. The molecule has 1 nitrogen and oxygen atoms in total. The molecule has 4 heteroatoms. The van der Waals surface area contributed by atoms with E-state index in [1.165, 1.54) is 71.9 Å². The number of aryl methyl sites for hydroxylation is 1. The molecule has 0 radical (unpaired) electrons. The summed E-state index contributed by atoms with van der Waals surface area (Å²) in [5.41, 5.74) is 11.9. The zero-order chi connectivity index (χ0) is 26.2. The predicted octanol–water partition coefficient (Wildman–Crippen LogP) is 2.84. The van der Waals surface area contributed by atoms with Crippen LogP contribution in [0.1, 0.15) is 27.8 Å². The zero-order valence-electron chi connectivity index (χ0n) is 22.2. The molecule has 0 fully saturated rings. The van der Waals surface area contributed by atoms with Crippen molar-refractivity contribution in [3.05, 3.63) is 174 Å². The van der Waals surface area contributed by atoms with E-state index in [0.717, 1.165) is 12.0 Å². The van der Waals surface area contributed by atoms with E-state index in [4.69, 9.17) is 4.42 Å². The molecule has 1 aromatic heterocycles. The van der Waals surface area contributed by atoms with Gasteiger partial charge in [0.25, 0.3) is 0 Å². The third kappa shape index (κ3) is 7.73. The van der Waals surface area contributed by atoms with E-state index in [9.17, 15) is 0 Å². The molecular formula is C36H28Cl2OZr-2. The minimum Gasteiger partial charge on any atom is -0.179 e. The normalized spacial score (nSPS) is 10.3. The minimum absolute atomic E-state index is 0.